The number of nitrogens with one attached hydrogen (secondary N) is 1. The Labute approximate surface area is 119 Å². The number of carboxylic acid groups (broad SMARTS) is 1. The van der Waals surface area contributed by atoms with E-state index in [1.165, 1.54) is 30.5 Å². The number of carbonyl (C=O) groups is 1. The van der Waals surface area contributed by atoms with Gasteiger partial charge in [0.15, 0.2) is 11.7 Å². The molecule has 1 amide bonds. The molecule has 0 bridgehead atoms. The lowest BCUT2D eigenvalue weighted by molar-refractivity contribution is 0.194. The van der Waals surface area contributed by atoms with E-state index in [0.717, 1.165) is 0 Å². The molecule has 1 aromatic heterocycles. The highest BCUT2D eigenvalue weighted by molar-refractivity contribution is 5.83. The number of hydrogen-bond acceptors (Lipinski definition) is 2. The van der Waals surface area contributed by atoms with Crippen LogP contribution in [0.5, 0.6) is 0 Å². The van der Waals surface area contributed by atoms with E-state index in [2.05, 4.69) is 10.3 Å². The first-order chi connectivity index (χ1) is 10.1. The lowest BCUT2D eigenvalue weighted by atomic mass is 10.1. The Kier molecular flexibility index (Phi) is 4.61. The van der Waals surface area contributed by atoms with Crippen LogP contribution in [0.2, 0.25) is 0 Å². The smallest absolute Gasteiger partial charge is 0.404 e. The summed E-state index contributed by atoms with van der Waals surface area (Å²) in [6.07, 6.45) is 0.0835. The quantitative estimate of drug-likeness (QED) is 0.904. The molecule has 0 spiro atoms. The average Bonchev–Trinajstić information content (AvgIpc) is 2.52. The van der Waals surface area contributed by atoms with Crippen molar-refractivity contribution in [2.75, 3.05) is 0 Å². The second-order valence-corrected chi connectivity index (χ2v) is 4.19. The first-order valence-corrected chi connectivity index (χ1v) is 6.10. The van der Waals surface area contributed by atoms with Crippen LogP contribution < -0.4 is 5.32 Å². The number of hydrogen-bond donors (Lipinski definition) is 2. The zero-order valence-electron chi connectivity index (χ0n) is 10.9. The number of rotatable bonds is 4. The summed E-state index contributed by atoms with van der Waals surface area (Å²) < 4.78 is 28.2. The topological polar surface area (TPSA) is 62.2 Å². The minimum absolute atomic E-state index is 0.00791. The molecule has 2 N–H and O–H groups in total. The van der Waals surface area contributed by atoms with Gasteiger partial charge in [0, 0.05) is 17.3 Å². The van der Waals surface area contributed by atoms with E-state index in [4.69, 9.17) is 5.11 Å². The maximum Gasteiger partial charge on any atom is 0.404 e. The molecule has 0 radical (unpaired) electrons. The molecule has 0 aliphatic heterocycles. The van der Waals surface area contributed by atoms with Gasteiger partial charge in [0.1, 0.15) is 0 Å². The molecule has 2 rings (SSSR count). The van der Waals surface area contributed by atoms with Crippen molar-refractivity contribution in [1.82, 2.24) is 10.3 Å². The molecule has 1 heterocycles. The fourth-order valence-electron chi connectivity index (χ4n) is 1.72. The molecule has 4 nitrogen and oxygen atoms in total. The Balaban J connectivity index is 2.28. The fraction of sp³-hybridized carbons (Fsp3) is 0.0667. The Morgan fingerprint density at radius 3 is 2.43 bits per heavy atom. The summed E-state index contributed by atoms with van der Waals surface area (Å²) in [4.78, 5) is 14.3. The normalized spacial score (nSPS) is 11.7. The van der Waals surface area contributed by atoms with Gasteiger partial charge < -0.3 is 10.4 Å². The SMILES string of the molecule is O=C(O)NCc1cc(/C(F)=C(\F)c2ccccc2)ccn1. The van der Waals surface area contributed by atoms with E-state index < -0.39 is 17.7 Å². The highest BCUT2D eigenvalue weighted by Crippen LogP contribution is 2.28. The number of aromatic nitrogens is 1. The van der Waals surface area contributed by atoms with Crippen LogP contribution >= 0.6 is 0 Å². The molecule has 0 atom stereocenters. The number of pyridine rings is 1. The molecular weight excluding hydrogens is 278 g/mol. The molecule has 0 aliphatic rings. The highest BCUT2D eigenvalue weighted by atomic mass is 19.2. The minimum atomic E-state index is -1.21. The van der Waals surface area contributed by atoms with E-state index in [9.17, 15) is 13.6 Å². The first kappa shape index (κ1) is 14.6. The van der Waals surface area contributed by atoms with Gasteiger partial charge in [-0.15, -0.1) is 0 Å². The van der Waals surface area contributed by atoms with Gasteiger partial charge in [-0.25, -0.2) is 13.6 Å². The first-order valence-electron chi connectivity index (χ1n) is 6.10. The largest absolute Gasteiger partial charge is 0.465 e. The molecule has 0 saturated carbocycles. The second-order valence-electron chi connectivity index (χ2n) is 4.19. The van der Waals surface area contributed by atoms with Crippen molar-refractivity contribution < 1.29 is 18.7 Å². The highest BCUT2D eigenvalue weighted by Gasteiger charge is 2.12. The van der Waals surface area contributed by atoms with E-state index in [1.807, 2.05) is 0 Å². The molecule has 2 aromatic rings. The van der Waals surface area contributed by atoms with E-state index in [-0.39, 0.29) is 17.7 Å². The lowest BCUT2D eigenvalue weighted by Crippen LogP contribution is -2.20. The van der Waals surface area contributed by atoms with Gasteiger partial charge in [-0.3, -0.25) is 4.98 Å². The molecule has 108 valence electrons. The van der Waals surface area contributed by atoms with Crippen LogP contribution in [0.15, 0.2) is 48.7 Å². The van der Waals surface area contributed by atoms with Crippen LogP contribution in [-0.2, 0) is 6.54 Å². The average molecular weight is 290 g/mol. The van der Waals surface area contributed by atoms with Gasteiger partial charge in [0.25, 0.3) is 0 Å². The van der Waals surface area contributed by atoms with Crippen LogP contribution in [-0.4, -0.2) is 16.2 Å². The van der Waals surface area contributed by atoms with Crippen molar-refractivity contribution in [3.05, 3.63) is 65.5 Å². The summed E-state index contributed by atoms with van der Waals surface area (Å²) in [6, 6.07) is 10.5. The maximum atomic E-state index is 14.1. The van der Waals surface area contributed by atoms with Crippen molar-refractivity contribution in [3.63, 3.8) is 0 Å². The molecule has 6 heteroatoms. The number of benzene rings is 1. The van der Waals surface area contributed by atoms with Gasteiger partial charge >= 0.3 is 6.09 Å². The minimum Gasteiger partial charge on any atom is -0.465 e. The summed E-state index contributed by atoms with van der Waals surface area (Å²) in [6.45, 7) is -0.0800. The van der Waals surface area contributed by atoms with Crippen LogP contribution in [0, 0.1) is 0 Å². The zero-order chi connectivity index (χ0) is 15.2. The summed E-state index contributed by atoms with van der Waals surface area (Å²) in [5.41, 5.74) is 0.441. The Bertz CT molecular complexity index is 672. The van der Waals surface area contributed by atoms with E-state index in [1.54, 1.807) is 18.2 Å². The van der Waals surface area contributed by atoms with Crippen molar-refractivity contribution in [1.29, 1.82) is 0 Å². The predicted octanol–water partition coefficient (Wildman–Crippen LogP) is 3.61. The van der Waals surface area contributed by atoms with Crippen molar-refractivity contribution in [2.24, 2.45) is 0 Å². The van der Waals surface area contributed by atoms with Gasteiger partial charge in [-0.2, -0.15) is 0 Å². The molecule has 21 heavy (non-hydrogen) atoms. The predicted molar refractivity (Wildman–Crippen MR) is 74.6 cm³/mol. The van der Waals surface area contributed by atoms with Crippen molar-refractivity contribution in [2.45, 2.75) is 6.54 Å². The van der Waals surface area contributed by atoms with Crippen molar-refractivity contribution in [3.8, 4) is 0 Å². The Morgan fingerprint density at radius 1 is 1.10 bits per heavy atom. The Hall–Kier alpha value is -2.76. The van der Waals surface area contributed by atoms with Crippen molar-refractivity contribution >= 4 is 17.7 Å². The fourth-order valence-corrected chi connectivity index (χ4v) is 1.72. The molecule has 0 fully saturated rings. The van der Waals surface area contributed by atoms with Gasteiger partial charge in [-0.1, -0.05) is 30.3 Å². The molecule has 1 aromatic carbocycles. The van der Waals surface area contributed by atoms with Crippen LogP contribution in [0.25, 0.3) is 11.7 Å². The zero-order valence-corrected chi connectivity index (χ0v) is 10.9. The third-order valence-corrected chi connectivity index (χ3v) is 2.71. The van der Waals surface area contributed by atoms with Gasteiger partial charge in [-0.05, 0) is 12.1 Å². The molecule has 0 aliphatic carbocycles. The molecule has 0 unspecified atom stereocenters. The standard InChI is InChI=1S/C15H12F2N2O2/c16-13(10-4-2-1-3-5-10)14(17)11-6-7-18-12(8-11)9-19-15(20)21/h1-8,19H,9H2,(H,20,21)/b14-13+. The third kappa shape index (κ3) is 3.85. The number of amides is 1. The second kappa shape index (κ2) is 6.60. The molecule has 0 saturated heterocycles. The monoisotopic (exact) mass is 290 g/mol. The summed E-state index contributed by atoms with van der Waals surface area (Å²) >= 11 is 0. The summed E-state index contributed by atoms with van der Waals surface area (Å²) in [5, 5.41) is 10.6. The van der Waals surface area contributed by atoms with Crippen LogP contribution in [0.1, 0.15) is 16.8 Å². The summed E-state index contributed by atoms with van der Waals surface area (Å²) in [5.74, 6) is -1.99. The number of nitrogens with zero attached hydrogens (tertiary/aromatic N) is 1. The Morgan fingerprint density at radius 2 is 1.76 bits per heavy atom. The van der Waals surface area contributed by atoms with Gasteiger partial charge in [0.2, 0.25) is 0 Å². The lowest BCUT2D eigenvalue weighted by Gasteiger charge is -2.05. The number of halogens is 2. The van der Waals surface area contributed by atoms with E-state index in [0.29, 0.717) is 5.69 Å². The van der Waals surface area contributed by atoms with Crippen LogP contribution in [0.3, 0.4) is 0 Å². The third-order valence-electron chi connectivity index (χ3n) is 2.71. The maximum absolute atomic E-state index is 14.1. The summed E-state index contributed by atoms with van der Waals surface area (Å²) in [7, 11) is 0. The van der Waals surface area contributed by atoms with Gasteiger partial charge in [0.05, 0.1) is 12.2 Å². The van der Waals surface area contributed by atoms with Crippen LogP contribution in [0.4, 0.5) is 13.6 Å². The molecular formula is C15H12F2N2O2. The van der Waals surface area contributed by atoms with E-state index >= 15 is 0 Å².